The number of carbonyl (C=O) groups excluding carboxylic acids is 2. The molecular weight excluding hydrogens is 380 g/mol. The molecule has 0 fully saturated rings. The summed E-state index contributed by atoms with van der Waals surface area (Å²) in [6.07, 6.45) is 1.36. The van der Waals surface area contributed by atoms with Gasteiger partial charge in [0.05, 0.1) is 0 Å². The molecule has 29 heavy (non-hydrogen) atoms. The number of alkyl carbamates (subject to hydrolysis) is 1. The third kappa shape index (κ3) is 8.34. The van der Waals surface area contributed by atoms with Crippen molar-refractivity contribution in [2.45, 2.75) is 66.1 Å². The minimum Gasteiger partial charge on any atom is -0.478 e. The van der Waals surface area contributed by atoms with Crippen molar-refractivity contribution in [3.05, 3.63) is 23.4 Å². The third-order valence-electron chi connectivity index (χ3n) is 3.43. The molecule has 1 aliphatic carbocycles. The molecule has 0 aliphatic heterocycles. The van der Waals surface area contributed by atoms with Crippen LogP contribution >= 0.6 is 0 Å². The van der Waals surface area contributed by atoms with Gasteiger partial charge in [-0.05, 0) is 60.1 Å². The average molecular weight is 410 g/mol. The summed E-state index contributed by atoms with van der Waals surface area (Å²) < 4.78 is 10.4. The number of carbonyl (C=O) groups is 3. The lowest BCUT2D eigenvalue weighted by molar-refractivity contribution is -0.132. The van der Waals surface area contributed by atoms with Crippen LogP contribution in [0, 0.1) is 5.92 Å². The van der Waals surface area contributed by atoms with Gasteiger partial charge in [0.2, 0.25) is 5.96 Å². The Labute approximate surface area is 170 Å². The highest BCUT2D eigenvalue weighted by molar-refractivity contribution is 6.01. The van der Waals surface area contributed by atoms with Gasteiger partial charge in [0.15, 0.2) is 0 Å². The maximum Gasteiger partial charge on any atom is 0.431 e. The number of rotatable bonds is 2. The molecule has 0 saturated heterocycles. The first kappa shape index (κ1) is 24.2. The Bertz CT molecular complexity index is 756. The topological polar surface area (TPSA) is 144 Å². The molecule has 0 spiro atoms. The Morgan fingerprint density at radius 1 is 1.14 bits per heavy atom. The number of allylic oxidation sites excluding steroid dienone is 3. The van der Waals surface area contributed by atoms with Crippen LogP contribution < -0.4 is 11.2 Å². The number of nitrogens with one attached hydrogen (secondary N) is 1. The molecule has 10 nitrogen and oxygen atoms in total. The van der Waals surface area contributed by atoms with Crippen molar-refractivity contribution >= 4 is 24.1 Å². The fourth-order valence-electron chi connectivity index (χ4n) is 2.22. The number of nitrogens with zero attached hydrogens (tertiary/aromatic N) is 2. The van der Waals surface area contributed by atoms with Crippen LogP contribution in [0.4, 0.5) is 9.59 Å². The van der Waals surface area contributed by atoms with E-state index in [1.165, 1.54) is 12.2 Å². The van der Waals surface area contributed by atoms with Crippen LogP contribution in [0.2, 0.25) is 0 Å². The lowest BCUT2D eigenvalue weighted by Crippen LogP contribution is -2.53. The summed E-state index contributed by atoms with van der Waals surface area (Å²) in [6, 6.07) is 0. The minimum atomic E-state index is -1.02. The number of carboxylic acids is 1. The summed E-state index contributed by atoms with van der Waals surface area (Å²) >= 11 is 0. The van der Waals surface area contributed by atoms with Gasteiger partial charge in [0, 0.05) is 17.2 Å². The van der Waals surface area contributed by atoms with Crippen molar-refractivity contribution in [3.63, 3.8) is 0 Å². The zero-order valence-electron chi connectivity index (χ0n) is 17.9. The molecule has 4 N–H and O–H groups in total. The Hall–Kier alpha value is -2.88. The Kier molecular flexibility index (Phi) is 7.56. The number of guanidine groups is 1. The van der Waals surface area contributed by atoms with Crippen molar-refractivity contribution in [3.8, 4) is 0 Å². The number of nitrogens with two attached hydrogens (primary N) is 1. The summed E-state index contributed by atoms with van der Waals surface area (Å²) in [4.78, 5) is 39.9. The molecule has 1 aliphatic rings. The molecule has 0 aromatic heterocycles. The molecule has 0 aromatic carbocycles. The van der Waals surface area contributed by atoms with Crippen molar-refractivity contribution in [1.29, 1.82) is 0 Å². The highest BCUT2D eigenvalue weighted by atomic mass is 16.6. The van der Waals surface area contributed by atoms with Gasteiger partial charge < -0.3 is 14.6 Å². The van der Waals surface area contributed by atoms with Crippen LogP contribution in [-0.4, -0.2) is 45.4 Å². The van der Waals surface area contributed by atoms with E-state index in [4.69, 9.17) is 20.4 Å². The number of hydrazine groups is 1. The minimum absolute atomic E-state index is 0.231. The number of amides is 2. The second-order valence-electron chi connectivity index (χ2n) is 8.61. The summed E-state index contributed by atoms with van der Waals surface area (Å²) in [5.74, 6) is 4.23. The second-order valence-corrected chi connectivity index (χ2v) is 8.61. The van der Waals surface area contributed by atoms with Crippen LogP contribution in [-0.2, 0) is 14.3 Å². The molecule has 0 aromatic rings. The molecule has 10 heteroatoms. The monoisotopic (exact) mass is 410 g/mol. The van der Waals surface area contributed by atoms with E-state index < -0.39 is 29.4 Å². The van der Waals surface area contributed by atoms with Crippen LogP contribution in [0.3, 0.4) is 0 Å². The fourth-order valence-corrected chi connectivity index (χ4v) is 2.22. The second kappa shape index (κ2) is 9.08. The van der Waals surface area contributed by atoms with E-state index in [1.54, 1.807) is 48.5 Å². The van der Waals surface area contributed by atoms with Gasteiger partial charge in [-0.15, -0.1) is 0 Å². The number of hydrogen-bond donors (Lipinski definition) is 3. The molecule has 0 bridgehead atoms. The van der Waals surface area contributed by atoms with E-state index in [1.807, 2.05) is 0 Å². The lowest BCUT2D eigenvalue weighted by Gasteiger charge is -2.26. The summed E-state index contributed by atoms with van der Waals surface area (Å²) in [5, 5.41) is 12.0. The molecule has 0 saturated carbocycles. The smallest absolute Gasteiger partial charge is 0.431 e. The molecule has 2 amide bonds. The first-order valence-corrected chi connectivity index (χ1v) is 9.09. The Morgan fingerprint density at radius 2 is 1.69 bits per heavy atom. The van der Waals surface area contributed by atoms with Gasteiger partial charge in [0.1, 0.15) is 11.2 Å². The number of carboxylic acid groups (broad SMARTS) is 1. The summed E-state index contributed by atoms with van der Waals surface area (Å²) in [7, 11) is 0. The first-order chi connectivity index (χ1) is 13.1. The average Bonchev–Trinajstić information content (AvgIpc) is 2.51. The molecule has 0 heterocycles. The van der Waals surface area contributed by atoms with Gasteiger partial charge in [-0.3, -0.25) is 5.32 Å². The predicted molar refractivity (Wildman–Crippen MR) is 107 cm³/mol. The standard InChI is InChI=1S/C19H30N4O6/c1-11-10-12(14(24)25)8-9-13(11)21-15(22-16(26)28-18(2,3)4)23(20)17(27)29-19(5,6)7/h8-9,11H,10,20H2,1-7H3,(H,24,25)(H,21,22,26). The normalized spacial score (nSPS) is 17.7. The maximum atomic E-state index is 12.3. The van der Waals surface area contributed by atoms with Crippen molar-refractivity contribution < 1.29 is 29.0 Å². The van der Waals surface area contributed by atoms with E-state index in [2.05, 4.69) is 10.3 Å². The van der Waals surface area contributed by atoms with Crippen LogP contribution in [0.25, 0.3) is 0 Å². The number of ether oxygens (including phenoxy) is 2. The fraction of sp³-hybridized carbons (Fsp3) is 0.579. The van der Waals surface area contributed by atoms with E-state index in [0.29, 0.717) is 10.7 Å². The number of aliphatic carboxylic acids is 1. The molecule has 1 rings (SSSR count). The van der Waals surface area contributed by atoms with Gasteiger partial charge in [-0.25, -0.2) is 25.2 Å². The predicted octanol–water partition coefficient (Wildman–Crippen LogP) is 2.91. The van der Waals surface area contributed by atoms with E-state index in [9.17, 15) is 14.4 Å². The summed E-state index contributed by atoms with van der Waals surface area (Å²) in [6.45, 7) is 11.8. The quantitative estimate of drug-likeness (QED) is 0.209. The number of aliphatic imine (C=N–C) groups is 1. The van der Waals surface area contributed by atoms with Crippen molar-refractivity contribution in [2.75, 3.05) is 0 Å². The van der Waals surface area contributed by atoms with Gasteiger partial charge in [-0.1, -0.05) is 6.92 Å². The van der Waals surface area contributed by atoms with Crippen LogP contribution in [0.1, 0.15) is 54.9 Å². The van der Waals surface area contributed by atoms with E-state index in [-0.39, 0.29) is 23.9 Å². The first-order valence-electron chi connectivity index (χ1n) is 9.09. The van der Waals surface area contributed by atoms with Crippen LogP contribution in [0.5, 0.6) is 0 Å². The van der Waals surface area contributed by atoms with Gasteiger partial charge in [-0.2, -0.15) is 5.01 Å². The largest absolute Gasteiger partial charge is 0.478 e. The van der Waals surface area contributed by atoms with E-state index >= 15 is 0 Å². The maximum absolute atomic E-state index is 12.3. The highest BCUT2D eigenvalue weighted by Gasteiger charge is 2.28. The molecular formula is C19H30N4O6. The molecule has 0 radical (unpaired) electrons. The highest BCUT2D eigenvalue weighted by Crippen LogP contribution is 2.26. The SMILES string of the molecule is CC1CC(C(=O)O)=CC=C1N=C(NC(=O)OC(C)(C)C)N(N)C(=O)OC(C)(C)C. The Morgan fingerprint density at radius 3 is 2.14 bits per heavy atom. The zero-order chi connectivity index (χ0) is 22.6. The van der Waals surface area contributed by atoms with Gasteiger partial charge in [0.25, 0.3) is 0 Å². The number of hydrogen-bond acceptors (Lipinski definition) is 7. The van der Waals surface area contributed by atoms with Gasteiger partial charge >= 0.3 is 18.2 Å². The molecule has 162 valence electrons. The Balaban J connectivity index is 3.22. The summed E-state index contributed by atoms with van der Waals surface area (Å²) in [5.41, 5.74) is -0.936. The third-order valence-corrected chi connectivity index (χ3v) is 3.43. The van der Waals surface area contributed by atoms with E-state index in [0.717, 1.165) is 0 Å². The van der Waals surface area contributed by atoms with Crippen LogP contribution in [0.15, 0.2) is 28.4 Å². The lowest BCUT2D eigenvalue weighted by atomic mass is 9.93. The van der Waals surface area contributed by atoms with Crippen molar-refractivity contribution in [2.24, 2.45) is 16.8 Å². The molecule has 1 atom stereocenters. The zero-order valence-corrected chi connectivity index (χ0v) is 17.9. The van der Waals surface area contributed by atoms with Crippen molar-refractivity contribution in [1.82, 2.24) is 10.3 Å². The molecule has 1 unspecified atom stereocenters.